The lowest BCUT2D eigenvalue weighted by Gasteiger charge is -2.33. The van der Waals surface area contributed by atoms with Crippen molar-refractivity contribution in [3.05, 3.63) is 71.8 Å². The normalized spacial score (nSPS) is 21.0. The first-order valence-electron chi connectivity index (χ1n) is 7.12. The number of likely N-dealkylation sites (tertiary alicyclic amines) is 1. The van der Waals surface area contributed by atoms with Crippen LogP contribution in [-0.2, 0) is 5.54 Å². The minimum absolute atomic E-state index is 0.0708. The van der Waals surface area contributed by atoms with Crippen molar-refractivity contribution in [2.75, 3.05) is 6.54 Å². The Labute approximate surface area is 124 Å². The van der Waals surface area contributed by atoms with Gasteiger partial charge >= 0.3 is 0 Å². The van der Waals surface area contributed by atoms with Crippen LogP contribution in [0.25, 0.3) is 0 Å². The molecule has 1 fully saturated rings. The van der Waals surface area contributed by atoms with E-state index in [9.17, 15) is 10.1 Å². The Hall–Kier alpha value is -2.60. The van der Waals surface area contributed by atoms with E-state index in [-0.39, 0.29) is 5.91 Å². The molecule has 104 valence electrons. The molecule has 21 heavy (non-hydrogen) atoms. The fourth-order valence-corrected chi connectivity index (χ4v) is 3.03. The van der Waals surface area contributed by atoms with E-state index >= 15 is 0 Å². The number of hydrogen-bond acceptors (Lipinski definition) is 2. The van der Waals surface area contributed by atoms with E-state index in [1.807, 2.05) is 48.5 Å². The predicted molar refractivity (Wildman–Crippen MR) is 80.4 cm³/mol. The molecule has 0 aliphatic carbocycles. The fraction of sp³-hybridized carbons (Fsp3) is 0.222. The van der Waals surface area contributed by atoms with Gasteiger partial charge in [0, 0.05) is 12.1 Å². The molecule has 1 aliphatic rings. The maximum absolute atomic E-state index is 12.8. The second-order valence-electron chi connectivity index (χ2n) is 5.26. The third-order valence-corrected chi connectivity index (χ3v) is 4.08. The van der Waals surface area contributed by atoms with Crippen molar-refractivity contribution < 1.29 is 4.79 Å². The van der Waals surface area contributed by atoms with Gasteiger partial charge in [-0.25, -0.2) is 0 Å². The van der Waals surface area contributed by atoms with Crippen LogP contribution in [0.2, 0.25) is 0 Å². The van der Waals surface area contributed by atoms with E-state index in [0.29, 0.717) is 18.5 Å². The van der Waals surface area contributed by atoms with Crippen molar-refractivity contribution in [2.45, 2.75) is 18.4 Å². The SMILES string of the molecule is N#CC1(c2ccccc2)CCCN1C(=O)c1ccccc1. The number of amides is 1. The van der Waals surface area contributed by atoms with Gasteiger partial charge in [0.15, 0.2) is 5.54 Å². The summed E-state index contributed by atoms with van der Waals surface area (Å²) in [6.07, 6.45) is 1.53. The Morgan fingerprint density at radius 3 is 2.29 bits per heavy atom. The molecule has 2 aromatic carbocycles. The van der Waals surface area contributed by atoms with Crippen LogP contribution in [-0.4, -0.2) is 17.4 Å². The monoisotopic (exact) mass is 276 g/mol. The van der Waals surface area contributed by atoms with E-state index in [1.54, 1.807) is 17.0 Å². The van der Waals surface area contributed by atoms with Crippen LogP contribution >= 0.6 is 0 Å². The molecule has 2 aromatic rings. The molecule has 0 saturated carbocycles. The van der Waals surface area contributed by atoms with Crippen molar-refractivity contribution >= 4 is 5.91 Å². The highest BCUT2D eigenvalue weighted by molar-refractivity contribution is 5.95. The van der Waals surface area contributed by atoms with Crippen molar-refractivity contribution in [1.29, 1.82) is 5.26 Å². The summed E-state index contributed by atoms with van der Waals surface area (Å²) in [6, 6.07) is 21.2. The smallest absolute Gasteiger partial charge is 0.255 e. The third-order valence-electron chi connectivity index (χ3n) is 4.08. The number of nitriles is 1. The molecule has 1 unspecified atom stereocenters. The lowest BCUT2D eigenvalue weighted by Crippen LogP contribution is -2.44. The Morgan fingerprint density at radius 1 is 1.05 bits per heavy atom. The number of hydrogen-bond donors (Lipinski definition) is 0. The summed E-state index contributed by atoms with van der Waals surface area (Å²) < 4.78 is 0. The van der Waals surface area contributed by atoms with Crippen molar-refractivity contribution in [3.63, 3.8) is 0 Å². The van der Waals surface area contributed by atoms with Gasteiger partial charge in [-0.1, -0.05) is 48.5 Å². The van der Waals surface area contributed by atoms with Crippen LogP contribution in [0.5, 0.6) is 0 Å². The summed E-state index contributed by atoms with van der Waals surface area (Å²) >= 11 is 0. The number of carbonyl (C=O) groups excluding carboxylic acids is 1. The first kappa shape index (κ1) is 13.4. The molecule has 3 nitrogen and oxygen atoms in total. The minimum atomic E-state index is -0.839. The summed E-state index contributed by atoms with van der Waals surface area (Å²) in [7, 11) is 0. The van der Waals surface area contributed by atoms with Gasteiger partial charge in [-0.15, -0.1) is 0 Å². The molecule has 1 saturated heterocycles. The van der Waals surface area contributed by atoms with Crippen LogP contribution in [0.1, 0.15) is 28.8 Å². The molecule has 0 spiro atoms. The molecular formula is C18H16N2O. The average molecular weight is 276 g/mol. The molecule has 1 atom stereocenters. The lowest BCUT2D eigenvalue weighted by molar-refractivity contribution is 0.0670. The molecular weight excluding hydrogens is 260 g/mol. The van der Waals surface area contributed by atoms with E-state index in [0.717, 1.165) is 12.0 Å². The number of nitrogens with zero attached hydrogens (tertiary/aromatic N) is 2. The van der Waals surface area contributed by atoms with Gasteiger partial charge in [-0.3, -0.25) is 4.79 Å². The van der Waals surface area contributed by atoms with E-state index < -0.39 is 5.54 Å². The second-order valence-corrected chi connectivity index (χ2v) is 5.26. The average Bonchev–Trinajstić information content (AvgIpc) is 3.01. The zero-order valence-electron chi connectivity index (χ0n) is 11.7. The Balaban J connectivity index is 2.02. The molecule has 1 heterocycles. The van der Waals surface area contributed by atoms with Gasteiger partial charge in [0.25, 0.3) is 5.91 Å². The van der Waals surface area contributed by atoms with Crippen LogP contribution in [0.4, 0.5) is 0 Å². The topological polar surface area (TPSA) is 44.1 Å². The van der Waals surface area contributed by atoms with Crippen molar-refractivity contribution in [3.8, 4) is 6.07 Å². The zero-order valence-corrected chi connectivity index (χ0v) is 11.7. The summed E-state index contributed by atoms with van der Waals surface area (Å²) in [5.41, 5.74) is 0.693. The molecule has 0 bridgehead atoms. The molecule has 0 aromatic heterocycles. The number of carbonyl (C=O) groups is 1. The lowest BCUT2D eigenvalue weighted by atomic mass is 9.88. The maximum atomic E-state index is 12.8. The Bertz CT molecular complexity index is 675. The summed E-state index contributed by atoms with van der Waals surface area (Å²) in [6.45, 7) is 0.621. The highest BCUT2D eigenvalue weighted by atomic mass is 16.2. The largest absolute Gasteiger partial charge is 0.316 e. The van der Waals surface area contributed by atoms with Crippen LogP contribution < -0.4 is 0 Å². The van der Waals surface area contributed by atoms with Gasteiger partial charge < -0.3 is 4.90 Å². The predicted octanol–water partition coefficient (Wildman–Crippen LogP) is 3.34. The highest BCUT2D eigenvalue weighted by Gasteiger charge is 2.45. The summed E-state index contributed by atoms with van der Waals surface area (Å²) in [4.78, 5) is 14.5. The van der Waals surface area contributed by atoms with Crippen LogP contribution in [0.15, 0.2) is 60.7 Å². The highest BCUT2D eigenvalue weighted by Crippen LogP contribution is 2.39. The Morgan fingerprint density at radius 2 is 1.67 bits per heavy atom. The molecule has 1 amide bonds. The van der Waals surface area contributed by atoms with Crippen LogP contribution in [0.3, 0.4) is 0 Å². The van der Waals surface area contributed by atoms with E-state index in [4.69, 9.17) is 0 Å². The molecule has 1 aliphatic heterocycles. The van der Waals surface area contributed by atoms with Crippen LogP contribution in [0, 0.1) is 11.3 Å². The van der Waals surface area contributed by atoms with Gasteiger partial charge in [0.1, 0.15) is 0 Å². The summed E-state index contributed by atoms with van der Waals surface area (Å²) in [5, 5.41) is 9.79. The zero-order chi connectivity index (χ0) is 14.7. The molecule has 0 radical (unpaired) electrons. The van der Waals surface area contributed by atoms with Gasteiger partial charge in [-0.05, 0) is 30.5 Å². The second kappa shape index (κ2) is 5.41. The third kappa shape index (κ3) is 2.19. The first-order valence-corrected chi connectivity index (χ1v) is 7.12. The fourth-order valence-electron chi connectivity index (χ4n) is 3.03. The van der Waals surface area contributed by atoms with Gasteiger partial charge in [0.2, 0.25) is 0 Å². The maximum Gasteiger partial charge on any atom is 0.255 e. The first-order chi connectivity index (χ1) is 10.3. The minimum Gasteiger partial charge on any atom is -0.316 e. The molecule has 3 heteroatoms. The van der Waals surface area contributed by atoms with Crippen molar-refractivity contribution in [1.82, 2.24) is 4.90 Å². The number of benzene rings is 2. The quantitative estimate of drug-likeness (QED) is 0.844. The molecule has 0 N–H and O–H groups in total. The van der Waals surface area contributed by atoms with Gasteiger partial charge in [0.05, 0.1) is 6.07 Å². The molecule has 3 rings (SSSR count). The van der Waals surface area contributed by atoms with Crippen molar-refractivity contribution in [2.24, 2.45) is 0 Å². The Kier molecular flexibility index (Phi) is 3.45. The number of rotatable bonds is 2. The summed E-state index contributed by atoms with van der Waals surface area (Å²) in [5.74, 6) is -0.0708. The van der Waals surface area contributed by atoms with E-state index in [2.05, 4.69) is 6.07 Å². The van der Waals surface area contributed by atoms with E-state index in [1.165, 1.54) is 0 Å². The van der Waals surface area contributed by atoms with Gasteiger partial charge in [-0.2, -0.15) is 5.26 Å². The standard InChI is InChI=1S/C18H16N2O/c19-14-18(16-10-5-2-6-11-16)12-7-13-20(18)17(21)15-8-3-1-4-9-15/h1-6,8-11H,7,12-13H2.